The fourth-order valence-electron chi connectivity index (χ4n) is 2.34. The largest absolute Gasteiger partial charge is 0.320 e. The summed E-state index contributed by atoms with van der Waals surface area (Å²) in [7, 11) is 0. The topological polar surface area (TPSA) is 38.9 Å². The average molecular weight is 327 g/mol. The zero-order valence-corrected chi connectivity index (χ0v) is 12.8. The predicted octanol–water partition coefficient (Wildman–Crippen LogP) is 4.35. The van der Waals surface area contributed by atoms with E-state index in [4.69, 9.17) is 5.73 Å². The molecule has 1 aromatic heterocycles. The van der Waals surface area contributed by atoms with Crippen LogP contribution in [0.2, 0.25) is 0 Å². The second kappa shape index (κ2) is 5.35. The summed E-state index contributed by atoms with van der Waals surface area (Å²) in [4.78, 5) is 4.48. The Balaban J connectivity index is 2.07. The van der Waals surface area contributed by atoms with Crippen molar-refractivity contribution in [2.24, 2.45) is 5.73 Å². The lowest BCUT2D eigenvalue weighted by Crippen LogP contribution is -2.13. The molecule has 1 heterocycles. The van der Waals surface area contributed by atoms with Gasteiger partial charge in [0, 0.05) is 16.1 Å². The van der Waals surface area contributed by atoms with Crippen LogP contribution in [-0.4, -0.2) is 4.98 Å². The van der Waals surface area contributed by atoms with E-state index in [1.54, 1.807) is 0 Å². The summed E-state index contributed by atoms with van der Waals surface area (Å²) in [5.74, 6) is 0. The van der Waals surface area contributed by atoms with Gasteiger partial charge in [-0.25, -0.2) is 0 Å². The number of pyridine rings is 1. The molecule has 2 N–H and O–H groups in total. The predicted molar refractivity (Wildman–Crippen MR) is 86.7 cm³/mol. The fraction of sp³-hybridized carbons (Fsp3) is 0.118. The third-order valence-electron chi connectivity index (χ3n) is 3.46. The van der Waals surface area contributed by atoms with Gasteiger partial charge in [-0.2, -0.15) is 0 Å². The minimum Gasteiger partial charge on any atom is -0.320 e. The van der Waals surface area contributed by atoms with Crippen molar-refractivity contribution in [3.63, 3.8) is 0 Å². The molecule has 2 aromatic carbocycles. The molecule has 0 saturated heterocycles. The van der Waals surface area contributed by atoms with Crippen LogP contribution in [0.1, 0.15) is 22.7 Å². The van der Waals surface area contributed by atoms with Gasteiger partial charge in [-0.05, 0) is 36.2 Å². The number of nitrogens with zero attached hydrogens (tertiary/aromatic N) is 1. The van der Waals surface area contributed by atoms with Crippen LogP contribution in [0.5, 0.6) is 0 Å². The molecule has 1 atom stereocenters. The maximum atomic E-state index is 6.41. The Bertz CT molecular complexity index is 768. The number of halogens is 1. The molecule has 3 aromatic rings. The molecule has 1 unspecified atom stereocenters. The van der Waals surface area contributed by atoms with E-state index in [9.17, 15) is 0 Å². The van der Waals surface area contributed by atoms with E-state index in [-0.39, 0.29) is 6.04 Å². The third kappa shape index (κ3) is 2.47. The maximum Gasteiger partial charge on any atom is 0.0702 e. The zero-order chi connectivity index (χ0) is 14.1. The van der Waals surface area contributed by atoms with Gasteiger partial charge in [0.15, 0.2) is 0 Å². The molecule has 3 heteroatoms. The van der Waals surface area contributed by atoms with E-state index in [1.165, 1.54) is 5.56 Å². The van der Waals surface area contributed by atoms with Crippen molar-refractivity contribution >= 4 is 26.8 Å². The summed E-state index contributed by atoms with van der Waals surface area (Å²) in [5, 5.41) is 1.12. The monoisotopic (exact) mass is 326 g/mol. The van der Waals surface area contributed by atoms with E-state index < -0.39 is 0 Å². The van der Waals surface area contributed by atoms with E-state index >= 15 is 0 Å². The summed E-state index contributed by atoms with van der Waals surface area (Å²) in [6.07, 6.45) is 1.86. The van der Waals surface area contributed by atoms with Crippen LogP contribution in [-0.2, 0) is 0 Å². The normalized spacial score (nSPS) is 12.6. The molecule has 0 radical (unpaired) electrons. The molecule has 0 fully saturated rings. The molecule has 2 nitrogen and oxygen atoms in total. The van der Waals surface area contributed by atoms with Gasteiger partial charge in [0.25, 0.3) is 0 Å². The fourth-order valence-corrected chi connectivity index (χ4v) is 2.83. The minimum absolute atomic E-state index is 0.179. The summed E-state index contributed by atoms with van der Waals surface area (Å²) < 4.78 is 1.03. The van der Waals surface area contributed by atoms with Crippen LogP contribution >= 0.6 is 15.9 Å². The van der Waals surface area contributed by atoms with Crippen LogP contribution in [0, 0.1) is 6.92 Å². The summed E-state index contributed by atoms with van der Waals surface area (Å²) >= 11 is 3.58. The number of hydrogen-bond donors (Lipinski definition) is 1. The number of fused-ring (bicyclic) bond motifs is 1. The van der Waals surface area contributed by atoms with Crippen molar-refractivity contribution in [2.45, 2.75) is 13.0 Å². The standard InChI is InChI=1S/C17H15BrN2/c1-11-6-7-15(18)14(8-11)17(19)13-9-12-4-2-3-5-16(12)20-10-13/h2-10,17H,19H2,1H3. The molecule has 0 aliphatic heterocycles. The van der Waals surface area contributed by atoms with Gasteiger partial charge in [0.2, 0.25) is 0 Å². The number of benzene rings is 2. The quantitative estimate of drug-likeness (QED) is 0.760. The lowest BCUT2D eigenvalue weighted by Gasteiger charge is -2.15. The highest BCUT2D eigenvalue weighted by Gasteiger charge is 2.13. The molecule has 0 saturated carbocycles. The number of nitrogens with two attached hydrogens (primary N) is 1. The molecule has 0 spiro atoms. The Morgan fingerprint density at radius 2 is 1.90 bits per heavy atom. The zero-order valence-electron chi connectivity index (χ0n) is 11.2. The van der Waals surface area contributed by atoms with Crippen LogP contribution in [0.4, 0.5) is 0 Å². The third-order valence-corrected chi connectivity index (χ3v) is 4.18. The van der Waals surface area contributed by atoms with Gasteiger partial charge in [-0.1, -0.05) is 51.8 Å². The van der Waals surface area contributed by atoms with Gasteiger partial charge in [0.05, 0.1) is 11.6 Å². The van der Waals surface area contributed by atoms with Gasteiger partial charge < -0.3 is 5.73 Å². The first kappa shape index (κ1) is 13.3. The molecular formula is C17H15BrN2. The molecular weight excluding hydrogens is 312 g/mol. The Hall–Kier alpha value is -1.71. The van der Waals surface area contributed by atoms with Crippen LogP contribution in [0.25, 0.3) is 10.9 Å². The number of aryl methyl sites for hydroxylation is 1. The summed E-state index contributed by atoms with van der Waals surface area (Å²) in [5.41, 5.74) is 10.7. The molecule has 3 rings (SSSR count). The highest BCUT2D eigenvalue weighted by molar-refractivity contribution is 9.10. The van der Waals surface area contributed by atoms with Crippen molar-refractivity contribution in [1.82, 2.24) is 4.98 Å². The van der Waals surface area contributed by atoms with Gasteiger partial charge in [-0.15, -0.1) is 0 Å². The van der Waals surface area contributed by atoms with Crippen LogP contribution in [0.3, 0.4) is 0 Å². The highest BCUT2D eigenvalue weighted by atomic mass is 79.9. The first-order chi connectivity index (χ1) is 9.65. The van der Waals surface area contributed by atoms with Crippen molar-refractivity contribution < 1.29 is 0 Å². The van der Waals surface area contributed by atoms with Crippen LogP contribution < -0.4 is 5.73 Å². The summed E-state index contributed by atoms with van der Waals surface area (Å²) in [6.45, 7) is 2.07. The average Bonchev–Trinajstić information content (AvgIpc) is 2.48. The molecule has 0 aliphatic rings. The molecule has 0 aliphatic carbocycles. The SMILES string of the molecule is Cc1ccc(Br)c(C(N)c2cnc3ccccc3c2)c1. The number of rotatable bonds is 2. The highest BCUT2D eigenvalue weighted by Crippen LogP contribution is 2.28. The smallest absolute Gasteiger partial charge is 0.0702 e. The van der Waals surface area contributed by atoms with Gasteiger partial charge in [-0.3, -0.25) is 4.98 Å². The lowest BCUT2D eigenvalue weighted by atomic mass is 9.98. The molecule has 0 amide bonds. The van der Waals surface area contributed by atoms with E-state index in [0.717, 1.165) is 26.5 Å². The second-order valence-corrected chi connectivity index (χ2v) is 5.82. The van der Waals surface area contributed by atoms with Crippen molar-refractivity contribution in [3.05, 3.63) is 75.9 Å². The molecule has 0 bridgehead atoms. The number of aromatic nitrogens is 1. The molecule has 100 valence electrons. The Morgan fingerprint density at radius 1 is 1.10 bits per heavy atom. The Morgan fingerprint density at radius 3 is 2.75 bits per heavy atom. The van der Waals surface area contributed by atoms with Gasteiger partial charge >= 0.3 is 0 Å². The van der Waals surface area contributed by atoms with Crippen molar-refractivity contribution in [2.75, 3.05) is 0 Å². The summed E-state index contributed by atoms with van der Waals surface area (Å²) in [6, 6.07) is 16.2. The Labute approximate surface area is 126 Å². The maximum absolute atomic E-state index is 6.41. The number of hydrogen-bond acceptors (Lipinski definition) is 2. The van der Waals surface area contributed by atoms with Gasteiger partial charge in [0.1, 0.15) is 0 Å². The number of para-hydroxylation sites is 1. The first-order valence-corrected chi connectivity index (χ1v) is 7.31. The van der Waals surface area contributed by atoms with Crippen LogP contribution in [0.15, 0.2) is 59.2 Å². The van der Waals surface area contributed by atoms with E-state index in [2.05, 4.69) is 52.1 Å². The Kier molecular flexibility index (Phi) is 3.55. The van der Waals surface area contributed by atoms with E-state index in [0.29, 0.717) is 0 Å². The minimum atomic E-state index is -0.179. The first-order valence-electron chi connectivity index (χ1n) is 6.51. The lowest BCUT2D eigenvalue weighted by molar-refractivity contribution is 0.859. The second-order valence-electron chi connectivity index (χ2n) is 4.96. The molecule has 20 heavy (non-hydrogen) atoms. The van der Waals surface area contributed by atoms with Crippen molar-refractivity contribution in [1.29, 1.82) is 0 Å². The van der Waals surface area contributed by atoms with E-state index in [1.807, 2.05) is 30.5 Å². The van der Waals surface area contributed by atoms with Crippen molar-refractivity contribution in [3.8, 4) is 0 Å².